The molecular formula is C17H19FN4O4S. The van der Waals surface area contributed by atoms with Crippen molar-refractivity contribution in [3.8, 4) is 5.69 Å². The Morgan fingerprint density at radius 3 is 2.41 bits per heavy atom. The lowest BCUT2D eigenvalue weighted by Gasteiger charge is -2.20. The maximum atomic E-state index is 13.2. The summed E-state index contributed by atoms with van der Waals surface area (Å²) in [5.41, 5.74) is 5.51. The van der Waals surface area contributed by atoms with Crippen LogP contribution in [0.25, 0.3) is 5.69 Å². The molecule has 1 heterocycles. The number of hydrogen-bond acceptors (Lipinski definition) is 6. The Balaban J connectivity index is 2.35. The lowest BCUT2D eigenvalue weighted by atomic mass is 10.1. The number of carbonyl (C=O) groups excluding carboxylic acids is 3. The molecule has 0 fully saturated rings. The van der Waals surface area contributed by atoms with Crippen LogP contribution in [0, 0.1) is 11.7 Å². The molecule has 0 aliphatic rings. The summed E-state index contributed by atoms with van der Waals surface area (Å²) in [6.45, 7) is 3.31. The third kappa shape index (κ3) is 4.85. The highest BCUT2D eigenvalue weighted by Crippen LogP contribution is 2.23. The number of primary amides is 1. The van der Waals surface area contributed by atoms with Gasteiger partial charge in [0.05, 0.1) is 6.20 Å². The van der Waals surface area contributed by atoms with E-state index >= 15 is 0 Å². The number of imidazole rings is 1. The minimum absolute atomic E-state index is 0.0588. The Hall–Kier alpha value is -2.88. The van der Waals surface area contributed by atoms with E-state index in [9.17, 15) is 18.8 Å². The van der Waals surface area contributed by atoms with E-state index in [4.69, 9.17) is 10.5 Å². The summed E-state index contributed by atoms with van der Waals surface area (Å²) < 4.78 is 20.0. The summed E-state index contributed by atoms with van der Waals surface area (Å²) >= 11 is 1.28. The largest absolute Gasteiger partial charge is 0.447 e. The van der Waals surface area contributed by atoms with Crippen molar-refractivity contribution in [2.45, 2.75) is 25.1 Å². The highest BCUT2D eigenvalue weighted by atomic mass is 32.2. The monoisotopic (exact) mass is 394 g/mol. The average Bonchev–Trinajstić information content (AvgIpc) is 3.03. The van der Waals surface area contributed by atoms with Gasteiger partial charge in [0.25, 0.3) is 5.91 Å². The first-order valence-electron chi connectivity index (χ1n) is 7.93. The molecule has 8 nitrogen and oxygen atoms in total. The number of benzene rings is 1. The van der Waals surface area contributed by atoms with Gasteiger partial charge in [0.1, 0.15) is 5.82 Å². The number of rotatable bonds is 6. The predicted molar refractivity (Wildman–Crippen MR) is 97.1 cm³/mol. The van der Waals surface area contributed by atoms with E-state index in [0.29, 0.717) is 10.8 Å². The van der Waals surface area contributed by atoms with Crippen LogP contribution < -0.4 is 11.1 Å². The fraction of sp³-hybridized carbons (Fsp3) is 0.294. The lowest BCUT2D eigenvalue weighted by Crippen LogP contribution is -2.45. The number of urea groups is 1. The van der Waals surface area contributed by atoms with E-state index in [-0.39, 0.29) is 5.69 Å². The molecule has 1 unspecified atom stereocenters. The molecular weight excluding hydrogens is 375 g/mol. The number of aromatic nitrogens is 2. The summed E-state index contributed by atoms with van der Waals surface area (Å²) in [6.07, 6.45) is 1.86. The van der Waals surface area contributed by atoms with E-state index in [0.717, 1.165) is 0 Å². The first-order chi connectivity index (χ1) is 12.7. The number of nitrogens with one attached hydrogen (secondary N) is 1. The van der Waals surface area contributed by atoms with Crippen LogP contribution >= 0.6 is 11.8 Å². The van der Waals surface area contributed by atoms with Crippen molar-refractivity contribution in [2.75, 3.05) is 6.26 Å². The van der Waals surface area contributed by atoms with Gasteiger partial charge in [-0.2, -0.15) is 0 Å². The van der Waals surface area contributed by atoms with Gasteiger partial charge >= 0.3 is 12.0 Å². The number of halogens is 1. The number of amides is 3. The zero-order valence-corrected chi connectivity index (χ0v) is 15.7. The van der Waals surface area contributed by atoms with E-state index in [1.165, 1.54) is 46.8 Å². The van der Waals surface area contributed by atoms with Gasteiger partial charge in [-0.1, -0.05) is 25.6 Å². The number of esters is 1. The van der Waals surface area contributed by atoms with E-state index in [1.807, 2.05) is 5.32 Å². The molecule has 0 radical (unpaired) electrons. The predicted octanol–water partition coefficient (Wildman–Crippen LogP) is 2.11. The summed E-state index contributed by atoms with van der Waals surface area (Å²) in [7, 11) is 0. The Morgan fingerprint density at radius 1 is 1.26 bits per heavy atom. The molecule has 1 aromatic heterocycles. The van der Waals surface area contributed by atoms with Gasteiger partial charge in [0, 0.05) is 5.69 Å². The van der Waals surface area contributed by atoms with E-state index in [2.05, 4.69) is 4.98 Å². The molecule has 0 saturated heterocycles. The van der Waals surface area contributed by atoms with Crippen LogP contribution in [-0.2, 0) is 9.53 Å². The number of carbonyl (C=O) groups is 3. The standard InChI is InChI=1S/C17H19FN4O4S/c1-9(2)13(14(23)21-16(19)25)26-15(24)12-8-20-17(27-3)22(12)11-6-4-10(18)5-7-11/h4-9,13H,1-3H3,(H3,19,21,23,25). The van der Waals surface area contributed by atoms with Crippen LogP contribution in [-0.4, -0.2) is 39.8 Å². The SMILES string of the molecule is CSc1ncc(C(=O)OC(C(=O)NC(N)=O)C(C)C)n1-c1ccc(F)cc1. The Kier molecular flexibility index (Phi) is 6.56. The summed E-state index contributed by atoms with van der Waals surface area (Å²) in [6, 6.07) is 4.46. The van der Waals surface area contributed by atoms with Crippen molar-refractivity contribution in [1.82, 2.24) is 14.9 Å². The first-order valence-corrected chi connectivity index (χ1v) is 9.16. The highest BCUT2D eigenvalue weighted by Gasteiger charge is 2.30. The van der Waals surface area contributed by atoms with Crippen LogP contribution in [0.1, 0.15) is 24.3 Å². The van der Waals surface area contributed by atoms with Crippen LogP contribution in [0.5, 0.6) is 0 Å². The molecule has 0 bridgehead atoms. The minimum atomic E-state index is -1.22. The number of nitrogens with two attached hydrogens (primary N) is 1. The maximum absolute atomic E-state index is 13.2. The van der Waals surface area contributed by atoms with Gasteiger partial charge < -0.3 is 10.5 Å². The Labute approximate surface area is 159 Å². The number of nitrogens with zero attached hydrogens (tertiary/aromatic N) is 2. The van der Waals surface area contributed by atoms with Gasteiger partial charge in [-0.05, 0) is 36.4 Å². The van der Waals surface area contributed by atoms with Crippen molar-refractivity contribution in [3.63, 3.8) is 0 Å². The molecule has 2 rings (SSSR count). The third-order valence-electron chi connectivity index (χ3n) is 3.55. The summed E-state index contributed by atoms with van der Waals surface area (Å²) in [5.74, 6) is -2.46. The Morgan fingerprint density at radius 2 is 1.89 bits per heavy atom. The molecule has 0 aliphatic heterocycles. The van der Waals surface area contributed by atoms with E-state index in [1.54, 1.807) is 20.1 Å². The normalized spacial score (nSPS) is 11.9. The molecule has 2 aromatic rings. The number of imide groups is 1. The number of thioether (sulfide) groups is 1. The van der Waals surface area contributed by atoms with E-state index < -0.39 is 35.7 Å². The second-order valence-electron chi connectivity index (χ2n) is 5.87. The summed E-state index contributed by atoms with van der Waals surface area (Å²) in [5, 5.41) is 2.39. The van der Waals surface area contributed by atoms with Crippen LogP contribution in [0.2, 0.25) is 0 Å². The molecule has 3 N–H and O–H groups in total. The second kappa shape index (κ2) is 8.67. The minimum Gasteiger partial charge on any atom is -0.447 e. The molecule has 0 aliphatic carbocycles. The van der Waals surface area contributed by atoms with Crippen molar-refractivity contribution in [1.29, 1.82) is 0 Å². The zero-order valence-electron chi connectivity index (χ0n) is 14.9. The van der Waals surface area contributed by atoms with Gasteiger partial charge in [-0.15, -0.1) is 0 Å². The number of ether oxygens (including phenoxy) is 1. The Bertz CT molecular complexity index is 851. The van der Waals surface area contributed by atoms with Crippen molar-refractivity contribution >= 4 is 29.7 Å². The highest BCUT2D eigenvalue weighted by molar-refractivity contribution is 7.98. The maximum Gasteiger partial charge on any atom is 0.357 e. The molecule has 0 saturated carbocycles. The van der Waals surface area contributed by atoms with Gasteiger partial charge in [0.15, 0.2) is 17.0 Å². The fourth-order valence-electron chi connectivity index (χ4n) is 2.32. The van der Waals surface area contributed by atoms with Gasteiger partial charge in [0.2, 0.25) is 0 Å². The zero-order chi connectivity index (χ0) is 20.1. The van der Waals surface area contributed by atoms with Crippen molar-refractivity contribution in [2.24, 2.45) is 11.7 Å². The quantitative estimate of drug-likeness (QED) is 0.573. The fourth-order valence-corrected chi connectivity index (χ4v) is 2.87. The van der Waals surface area contributed by atoms with Gasteiger partial charge in [-0.25, -0.2) is 19.0 Å². The topological polar surface area (TPSA) is 116 Å². The second-order valence-corrected chi connectivity index (χ2v) is 6.64. The average molecular weight is 394 g/mol. The smallest absolute Gasteiger partial charge is 0.357 e. The molecule has 1 atom stereocenters. The molecule has 27 heavy (non-hydrogen) atoms. The lowest BCUT2D eigenvalue weighted by molar-refractivity contribution is -0.130. The molecule has 10 heteroatoms. The third-order valence-corrected chi connectivity index (χ3v) is 4.20. The molecule has 1 aromatic carbocycles. The van der Waals surface area contributed by atoms with Crippen LogP contribution in [0.4, 0.5) is 9.18 Å². The molecule has 0 spiro atoms. The van der Waals surface area contributed by atoms with Crippen LogP contribution in [0.15, 0.2) is 35.6 Å². The number of hydrogen-bond donors (Lipinski definition) is 2. The van der Waals surface area contributed by atoms with Crippen molar-refractivity contribution in [3.05, 3.63) is 42.0 Å². The summed E-state index contributed by atoms with van der Waals surface area (Å²) in [4.78, 5) is 39.8. The van der Waals surface area contributed by atoms with Crippen LogP contribution in [0.3, 0.4) is 0 Å². The molecule has 144 valence electrons. The van der Waals surface area contributed by atoms with Crippen molar-refractivity contribution < 1.29 is 23.5 Å². The molecule has 3 amide bonds. The van der Waals surface area contributed by atoms with Gasteiger partial charge in [-0.3, -0.25) is 14.7 Å². The first kappa shape index (κ1) is 20.4.